The molecule has 5 nitrogen and oxygen atoms in total. The molecule has 5 heteroatoms. The van der Waals surface area contributed by atoms with Crippen LogP contribution in [0.1, 0.15) is 5.56 Å². The second-order valence-corrected chi connectivity index (χ2v) is 6.43. The van der Waals surface area contributed by atoms with Crippen LogP contribution >= 0.6 is 0 Å². The van der Waals surface area contributed by atoms with Crippen molar-refractivity contribution in [1.29, 1.82) is 0 Å². The lowest BCUT2D eigenvalue weighted by atomic mass is 10.0. The van der Waals surface area contributed by atoms with E-state index in [1.54, 1.807) is 0 Å². The van der Waals surface area contributed by atoms with E-state index in [2.05, 4.69) is 12.4 Å². The monoisotopic (exact) mass is 326 g/mol. The lowest BCUT2D eigenvalue weighted by Gasteiger charge is -2.30. The number of carbonyl (C=O) groups excluding carboxylic acids is 2. The molecule has 0 unspecified atom stereocenters. The van der Waals surface area contributed by atoms with Crippen LogP contribution in [0, 0.1) is 0 Å². The van der Waals surface area contributed by atoms with Gasteiger partial charge in [-0.3, -0.25) is 9.59 Å². The van der Waals surface area contributed by atoms with Gasteiger partial charge in [-0.25, -0.2) is 0 Å². The Balaban J connectivity index is 1.55. The smallest absolute Gasteiger partial charge is 0.242 e. The topological polar surface area (TPSA) is 53.9 Å². The molecular formula is C19H24N3O2+. The lowest BCUT2D eigenvalue weighted by molar-refractivity contribution is -0.883. The molecule has 0 aliphatic carbocycles. The summed E-state index contributed by atoms with van der Waals surface area (Å²) in [5, 5.41) is 4.98. The fraction of sp³-hybridized carbons (Fsp3) is 0.368. The van der Waals surface area contributed by atoms with E-state index in [1.165, 1.54) is 4.90 Å². The van der Waals surface area contributed by atoms with Crippen molar-refractivity contribution in [2.24, 2.45) is 0 Å². The molecule has 1 heterocycles. The van der Waals surface area contributed by atoms with Gasteiger partial charge in [-0.15, -0.1) is 0 Å². The normalized spacial score (nSPS) is 15.5. The van der Waals surface area contributed by atoms with Crippen molar-refractivity contribution >= 4 is 22.6 Å². The molecule has 1 aliphatic rings. The highest BCUT2D eigenvalue weighted by Gasteiger charge is 2.21. The number of benzene rings is 2. The standard InChI is InChI=1S/C19H23N3O2/c1-21-9-11-22(12-10-21)19(24)14-20-18(23)13-16-7-4-6-15-5-2-3-8-17(15)16/h2-8H,9-14H2,1H3,(H,20,23)/p+1. The maximum absolute atomic E-state index is 12.2. The van der Waals surface area contributed by atoms with Crippen LogP contribution in [0.3, 0.4) is 0 Å². The molecule has 0 radical (unpaired) electrons. The average molecular weight is 326 g/mol. The number of quaternary nitrogens is 1. The Bertz CT molecular complexity index is 731. The van der Waals surface area contributed by atoms with Crippen LogP contribution in [0.25, 0.3) is 10.8 Å². The van der Waals surface area contributed by atoms with Crippen molar-refractivity contribution in [2.45, 2.75) is 6.42 Å². The van der Waals surface area contributed by atoms with E-state index in [-0.39, 0.29) is 18.4 Å². The van der Waals surface area contributed by atoms with Crippen molar-refractivity contribution in [1.82, 2.24) is 10.2 Å². The largest absolute Gasteiger partial charge is 0.347 e. The molecule has 24 heavy (non-hydrogen) atoms. The molecular weight excluding hydrogens is 302 g/mol. The minimum Gasteiger partial charge on any atom is -0.347 e. The van der Waals surface area contributed by atoms with Gasteiger partial charge >= 0.3 is 0 Å². The highest BCUT2D eigenvalue weighted by Crippen LogP contribution is 2.18. The van der Waals surface area contributed by atoms with Crippen LogP contribution in [-0.2, 0) is 16.0 Å². The third kappa shape index (κ3) is 3.92. The molecule has 1 aliphatic heterocycles. The maximum Gasteiger partial charge on any atom is 0.242 e. The summed E-state index contributed by atoms with van der Waals surface area (Å²) < 4.78 is 0. The number of fused-ring (bicyclic) bond motifs is 1. The number of hydrogen-bond acceptors (Lipinski definition) is 2. The summed E-state index contributed by atoms with van der Waals surface area (Å²) in [6, 6.07) is 14.0. The van der Waals surface area contributed by atoms with E-state index in [0.717, 1.165) is 42.5 Å². The number of nitrogens with zero attached hydrogens (tertiary/aromatic N) is 1. The Morgan fingerprint density at radius 1 is 1.08 bits per heavy atom. The summed E-state index contributed by atoms with van der Waals surface area (Å²) in [5.74, 6) is -0.103. The van der Waals surface area contributed by atoms with E-state index >= 15 is 0 Å². The lowest BCUT2D eigenvalue weighted by Crippen LogP contribution is -3.12. The van der Waals surface area contributed by atoms with Gasteiger partial charge in [-0.1, -0.05) is 42.5 Å². The number of hydrogen-bond donors (Lipinski definition) is 2. The molecule has 0 spiro atoms. The minimum absolute atomic E-state index is 0.00812. The van der Waals surface area contributed by atoms with Crippen LogP contribution in [-0.4, -0.2) is 56.5 Å². The number of likely N-dealkylation sites (N-methyl/N-ethyl adjacent to an activating group) is 1. The van der Waals surface area contributed by atoms with Crippen molar-refractivity contribution < 1.29 is 14.5 Å². The van der Waals surface area contributed by atoms with E-state index in [4.69, 9.17) is 0 Å². The van der Waals surface area contributed by atoms with Gasteiger partial charge in [0.1, 0.15) is 0 Å². The molecule has 3 rings (SSSR count). The van der Waals surface area contributed by atoms with Gasteiger partial charge in [0.15, 0.2) is 0 Å². The molecule has 1 saturated heterocycles. The Labute approximate surface area is 142 Å². The predicted molar refractivity (Wildman–Crippen MR) is 93.9 cm³/mol. The van der Waals surface area contributed by atoms with Gasteiger partial charge in [0, 0.05) is 0 Å². The van der Waals surface area contributed by atoms with Crippen LogP contribution in [0.15, 0.2) is 42.5 Å². The van der Waals surface area contributed by atoms with Gasteiger partial charge in [0.2, 0.25) is 11.8 Å². The van der Waals surface area contributed by atoms with Crippen LogP contribution < -0.4 is 10.2 Å². The number of piperazine rings is 1. The van der Waals surface area contributed by atoms with Crippen molar-refractivity contribution in [2.75, 3.05) is 39.8 Å². The summed E-state index contributed by atoms with van der Waals surface area (Å²) in [6.45, 7) is 3.56. The van der Waals surface area contributed by atoms with Crippen LogP contribution in [0.5, 0.6) is 0 Å². The summed E-state index contributed by atoms with van der Waals surface area (Å²) in [4.78, 5) is 27.7. The van der Waals surface area contributed by atoms with Gasteiger partial charge in [-0.05, 0) is 16.3 Å². The van der Waals surface area contributed by atoms with Crippen molar-refractivity contribution in [3.63, 3.8) is 0 Å². The molecule has 0 bridgehead atoms. The van der Waals surface area contributed by atoms with Gasteiger partial charge in [-0.2, -0.15) is 0 Å². The molecule has 2 amide bonds. The Kier molecular flexibility index (Phi) is 5.11. The SMILES string of the molecule is C[NH+]1CCN(C(=O)CNC(=O)Cc2cccc3ccccc23)CC1. The zero-order valence-corrected chi connectivity index (χ0v) is 14.0. The Morgan fingerprint density at radius 3 is 2.58 bits per heavy atom. The summed E-state index contributed by atoms with van der Waals surface area (Å²) >= 11 is 0. The number of amides is 2. The van der Waals surface area contributed by atoms with Crippen molar-refractivity contribution in [3.05, 3.63) is 48.0 Å². The fourth-order valence-electron chi connectivity index (χ4n) is 3.11. The fourth-order valence-corrected chi connectivity index (χ4v) is 3.11. The van der Waals surface area contributed by atoms with Crippen LogP contribution in [0.4, 0.5) is 0 Å². The minimum atomic E-state index is -0.112. The van der Waals surface area contributed by atoms with Crippen LogP contribution in [0.2, 0.25) is 0 Å². The second kappa shape index (κ2) is 7.45. The molecule has 2 aromatic carbocycles. The summed E-state index contributed by atoms with van der Waals surface area (Å²) in [5.41, 5.74) is 0.987. The number of carbonyl (C=O) groups is 2. The third-order valence-electron chi connectivity index (χ3n) is 4.64. The highest BCUT2D eigenvalue weighted by molar-refractivity contribution is 5.91. The van der Waals surface area contributed by atoms with Gasteiger partial charge in [0.25, 0.3) is 0 Å². The van der Waals surface area contributed by atoms with Gasteiger partial charge < -0.3 is 15.1 Å². The number of rotatable bonds is 4. The zero-order chi connectivity index (χ0) is 16.9. The van der Waals surface area contributed by atoms with E-state index < -0.39 is 0 Å². The first-order chi connectivity index (χ1) is 11.6. The predicted octanol–water partition coefficient (Wildman–Crippen LogP) is -0.145. The highest BCUT2D eigenvalue weighted by atomic mass is 16.2. The third-order valence-corrected chi connectivity index (χ3v) is 4.64. The quantitative estimate of drug-likeness (QED) is 0.821. The second-order valence-electron chi connectivity index (χ2n) is 6.43. The van der Waals surface area contributed by atoms with Crippen molar-refractivity contribution in [3.8, 4) is 0 Å². The Hall–Kier alpha value is -2.40. The molecule has 2 N–H and O–H groups in total. The van der Waals surface area contributed by atoms with E-state index in [0.29, 0.717) is 6.42 Å². The molecule has 0 aromatic heterocycles. The summed E-state index contributed by atoms with van der Waals surface area (Å²) in [7, 11) is 2.13. The Morgan fingerprint density at radius 2 is 1.79 bits per heavy atom. The molecule has 2 aromatic rings. The molecule has 1 fully saturated rings. The molecule has 0 saturated carbocycles. The van der Waals surface area contributed by atoms with E-state index in [1.807, 2.05) is 47.4 Å². The zero-order valence-electron chi connectivity index (χ0n) is 14.0. The maximum atomic E-state index is 12.2. The average Bonchev–Trinajstić information content (AvgIpc) is 2.61. The summed E-state index contributed by atoms with van der Waals surface area (Å²) in [6.07, 6.45) is 0.293. The first-order valence-corrected chi connectivity index (χ1v) is 8.46. The molecule has 0 atom stereocenters. The van der Waals surface area contributed by atoms with E-state index in [9.17, 15) is 9.59 Å². The first kappa shape index (κ1) is 16.5. The molecule has 126 valence electrons. The van der Waals surface area contributed by atoms with Gasteiger partial charge in [0.05, 0.1) is 46.2 Å². The number of nitrogens with one attached hydrogen (secondary N) is 2. The first-order valence-electron chi connectivity index (χ1n) is 8.46.